The Kier molecular flexibility index (Phi) is 6.16. The van der Waals surface area contributed by atoms with Crippen LogP contribution < -0.4 is 10.6 Å². The number of piperazine rings is 1. The van der Waals surface area contributed by atoms with E-state index in [9.17, 15) is 4.79 Å². The van der Waals surface area contributed by atoms with E-state index in [2.05, 4.69) is 47.2 Å². The number of aromatic amines is 1. The van der Waals surface area contributed by atoms with Gasteiger partial charge in [-0.2, -0.15) is 0 Å². The predicted octanol–water partition coefficient (Wildman–Crippen LogP) is 3.20. The minimum Gasteiger partial charge on any atom is -0.321 e. The second-order valence-corrected chi connectivity index (χ2v) is 9.52. The lowest BCUT2D eigenvalue weighted by atomic mass is 10.1. The van der Waals surface area contributed by atoms with Gasteiger partial charge in [-0.05, 0) is 46.3 Å². The summed E-state index contributed by atoms with van der Waals surface area (Å²) in [5, 5.41) is 21.1. The fourth-order valence-electron chi connectivity index (χ4n) is 4.26. The lowest BCUT2D eigenvalue weighted by Gasteiger charge is -2.26. The molecule has 0 saturated carbocycles. The molecule has 0 radical (unpaired) electrons. The van der Waals surface area contributed by atoms with Gasteiger partial charge in [-0.1, -0.05) is 35.6 Å². The van der Waals surface area contributed by atoms with E-state index < -0.39 is 0 Å². The number of tetrazole rings is 1. The number of amides is 1. The highest BCUT2D eigenvalue weighted by Crippen LogP contribution is 2.34. The number of anilines is 1. The van der Waals surface area contributed by atoms with Crippen LogP contribution in [0.4, 0.5) is 5.69 Å². The number of para-hydroxylation sites is 1. The summed E-state index contributed by atoms with van der Waals surface area (Å²) < 4.78 is 0. The van der Waals surface area contributed by atoms with Crippen LogP contribution in [0.15, 0.2) is 60.8 Å². The molecule has 10 nitrogen and oxygen atoms in total. The average molecular weight is 498 g/mol. The Morgan fingerprint density at radius 1 is 1.08 bits per heavy atom. The molecule has 3 aromatic heterocycles. The van der Waals surface area contributed by atoms with Crippen molar-refractivity contribution in [3.05, 3.63) is 71.9 Å². The molecule has 180 valence electrons. The van der Waals surface area contributed by atoms with Gasteiger partial charge < -0.3 is 10.6 Å². The molecule has 3 N–H and O–H groups in total. The quantitative estimate of drug-likeness (QED) is 0.327. The molecular weight excluding hydrogens is 474 g/mol. The van der Waals surface area contributed by atoms with E-state index in [1.807, 2.05) is 36.5 Å². The average Bonchev–Trinajstić information content (AvgIpc) is 3.60. The van der Waals surface area contributed by atoms with Crippen molar-refractivity contribution in [2.45, 2.75) is 6.54 Å². The maximum absolute atomic E-state index is 13.1. The first-order valence-corrected chi connectivity index (χ1v) is 12.5. The number of H-pyrrole nitrogens is 1. The van der Waals surface area contributed by atoms with Gasteiger partial charge in [0.2, 0.25) is 0 Å². The Hall–Kier alpha value is -4.06. The lowest BCUT2D eigenvalue weighted by molar-refractivity contribution is 0.102. The first-order valence-electron chi connectivity index (χ1n) is 11.7. The van der Waals surface area contributed by atoms with Gasteiger partial charge in [-0.3, -0.25) is 9.69 Å². The van der Waals surface area contributed by atoms with Gasteiger partial charge in [0, 0.05) is 55.6 Å². The van der Waals surface area contributed by atoms with Crippen LogP contribution in [0.25, 0.3) is 32.3 Å². The van der Waals surface area contributed by atoms with Gasteiger partial charge in [0.1, 0.15) is 15.4 Å². The van der Waals surface area contributed by atoms with Gasteiger partial charge in [0.15, 0.2) is 5.82 Å². The molecule has 1 saturated heterocycles. The van der Waals surface area contributed by atoms with E-state index >= 15 is 0 Å². The number of aromatic nitrogens is 6. The zero-order valence-electron chi connectivity index (χ0n) is 19.3. The summed E-state index contributed by atoms with van der Waals surface area (Å²) in [6.45, 7) is 4.96. The van der Waals surface area contributed by atoms with Crippen molar-refractivity contribution in [3.8, 4) is 22.0 Å². The summed E-state index contributed by atoms with van der Waals surface area (Å²) in [6, 6.07) is 17.0. The first kappa shape index (κ1) is 22.4. The lowest BCUT2D eigenvalue weighted by Crippen LogP contribution is -2.42. The summed E-state index contributed by atoms with van der Waals surface area (Å²) in [7, 11) is 0. The van der Waals surface area contributed by atoms with E-state index in [1.165, 1.54) is 11.3 Å². The third kappa shape index (κ3) is 4.71. The molecule has 1 aliphatic heterocycles. The van der Waals surface area contributed by atoms with E-state index in [0.29, 0.717) is 17.1 Å². The van der Waals surface area contributed by atoms with E-state index in [1.54, 1.807) is 18.2 Å². The SMILES string of the molecule is O=C(Nc1ccccc1-c1nc2cc(CN3CCNCC3)cnc2s1)c1cccc(-c2nnn[nH]2)c1. The Morgan fingerprint density at radius 3 is 2.83 bits per heavy atom. The Morgan fingerprint density at radius 2 is 1.97 bits per heavy atom. The van der Waals surface area contributed by atoms with Gasteiger partial charge in [-0.15, -0.1) is 5.10 Å². The molecule has 4 heterocycles. The highest BCUT2D eigenvalue weighted by molar-refractivity contribution is 7.21. The number of nitrogens with zero attached hydrogens (tertiary/aromatic N) is 6. The van der Waals surface area contributed by atoms with Crippen molar-refractivity contribution in [2.75, 3.05) is 31.5 Å². The van der Waals surface area contributed by atoms with Crippen LogP contribution in [0, 0.1) is 0 Å². The molecule has 5 aromatic rings. The highest BCUT2D eigenvalue weighted by atomic mass is 32.1. The van der Waals surface area contributed by atoms with Crippen LogP contribution in [-0.2, 0) is 6.54 Å². The molecule has 1 amide bonds. The molecule has 2 aromatic carbocycles. The topological polar surface area (TPSA) is 125 Å². The van der Waals surface area contributed by atoms with E-state index in [-0.39, 0.29) is 5.91 Å². The summed E-state index contributed by atoms with van der Waals surface area (Å²) >= 11 is 1.52. The predicted molar refractivity (Wildman–Crippen MR) is 139 cm³/mol. The zero-order chi connectivity index (χ0) is 24.3. The van der Waals surface area contributed by atoms with Gasteiger partial charge in [0.25, 0.3) is 5.91 Å². The molecule has 0 aliphatic carbocycles. The molecule has 6 rings (SSSR count). The number of carbonyl (C=O) groups excluding carboxylic acids is 1. The van der Waals surface area contributed by atoms with Gasteiger partial charge in [-0.25, -0.2) is 15.1 Å². The molecule has 36 heavy (non-hydrogen) atoms. The molecule has 1 aliphatic rings. The number of hydrogen-bond acceptors (Lipinski definition) is 9. The third-order valence-corrected chi connectivity index (χ3v) is 7.08. The molecule has 0 bridgehead atoms. The van der Waals surface area contributed by atoms with Gasteiger partial charge in [0.05, 0.1) is 5.69 Å². The van der Waals surface area contributed by atoms with Crippen molar-refractivity contribution in [3.63, 3.8) is 0 Å². The molecule has 11 heteroatoms. The number of benzene rings is 2. The number of pyridine rings is 1. The van der Waals surface area contributed by atoms with E-state index in [0.717, 1.165) is 64.8 Å². The minimum atomic E-state index is -0.227. The number of hydrogen-bond donors (Lipinski definition) is 3. The molecule has 0 spiro atoms. The Labute approximate surface area is 210 Å². The normalized spacial score (nSPS) is 14.2. The maximum atomic E-state index is 13.1. The molecular formula is C25H23N9OS. The maximum Gasteiger partial charge on any atom is 0.255 e. The summed E-state index contributed by atoms with van der Waals surface area (Å²) in [5.41, 5.74) is 4.81. The standard InChI is InChI=1S/C25H23N9OS/c35-23(18-5-3-4-17(13-18)22-30-32-33-31-22)28-20-7-2-1-6-19(20)24-29-21-12-16(14-27-25(21)36-24)15-34-10-8-26-9-11-34/h1-7,12-14,26H,8-11,15H2,(H,28,35)(H,30,31,32,33). The smallest absolute Gasteiger partial charge is 0.255 e. The van der Waals surface area contributed by atoms with Crippen molar-refractivity contribution >= 4 is 33.3 Å². The second kappa shape index (κ2) is 9.90. The van der Waals surface area contributed by atoms with Crippen molar-refractivity contribution < 1.29 is 4.79 Å². The highest BCUT2D eigenvalue weighted by Gasteiger charge is 2.16. The molecule has 1 fully saturated rings. The summed E-state index contributed by atoms with van der Waals surface area (Å²) in [5.74, 6) is 0.276. The number of rotatable bonds is 6. The number of nitrogens with one attached hydrogen (secondary N) is 3. The summed E-state index contributed by atoms with van der Waals surface area (Å²) in [4.78, 5) is 26.0. The van der Waals surface area contributed by atoms with Crippen LogP contribution in [0.5, 0.6) is 0 Å². The largest absolute Gasteiger partial charge is 0.321 e. The van der Waals surface area contributed by atoms with Crippen LogP contribution in [0.2, 0.25) is 0 Å². The summed E-state index contributed by atoms with van der Waals surface area (Å²) in [6.07, 6.45) is 1.94. The Balaban J connectivity index is 1.25. The molecule has 0 unspecified atom stereocenters. The minimum absolute atomic E-state index is 0.227. The Bertz CT molecular complexity index is 1510. The van der Waals surface area contributed by atoms with Crippen LogP contribution in [0.1, 0.15) is 15.9 Å². The van der Waals surface area contributed by atoms with Crippen molar-refractivity contribution in [2.24, 2.45) is 0 Å². The first-order chi connectivity index (χ1) is 17.7. The fraction of sp³-hybridized carbons (Fsp3) is 0.200. The monoisotopic (exact) mass is 497 g/mol. The number of carbonyl (C=O) groups is 1. The number of fused-ring (bicyclic) bond motifs is 1. The van der Waals surface area contributed by atoms with Crippen LogP contribution in [0.3, 0.4) is 0 Å². The van der Waals surface area contributed by atoms with Crippen molar-refractivity contribution in [1.82, 2.24) is 40.8 Å². The zero-order valence-corrected chi connectivity index (χ0v) is 20.1. The second-order valence-electron chi connectivity index (χ2n) is 8.54. The van der Waals surface area contributed by atoms with Gasteiger partial charge >= 0.3 is 0 Å². The van der Waals surface area contributed by atoms with Crippen LogP contribution >= 0.6 is 11.3 Å². The third-order valence-electron chi connectivity index (χ3n) is 6.07. The van der Waals surface area contributed by atoms with Crippen LogP contribution in [-0.4, -0.2) is 67.6 Å². The van der Waals surface area contributed by atoms with Crippen molar-refractivity contribution in [1.29, 1.82) is 0 Å². The fourth-order valence-corrected chi connectivity index (χ4v) is 5.19. The van der Waals surface area contributed by atoms with E-state index in [4.69, 9.17) is 4.98 Å². The molecule has 0 atom stereocenters. The number of thiazole rings is 1.